The molecule has 448 valence electrons. The van der Waals surface area contributed by atoms with Gasteiger partial charge in [-0.3, -0.25) is 43.5 Å². The number of halogens is 1. The minimum Gasteiger partial charge on any atom is -0.454 e. The lowest BCUT2D eigenvalue weighted by Gasteiger charge is -2.40. The molecule has 2 aromatic carbocycles. The number of carbonyl (C=O) groups excluding carboxylic acids is 6. The smallest absolute Gasteiger partial charge is 0.242 e. The molecular weight excluding hydrogens is 1090 g/mol. The van der Waals surface area contributed by atoms with E-state index in [9.17, 15) is 28.8 Å². The number of carbonyl (C=O) groups is 6. The van der Waals surface area contributed by atoms with Crippen molar-refractivity contribution in [1.29, 1.82) is 0 Å². The number of aliphatic imine (C=N–C) groups is 1. The fraction of sp³-hybridized carbons (Fsp3) is 0.667. The molecule has 0 radical (unpaired) electrons. The van der Waals surface area contributed by atoms with Crippen LogP contribution in [0.2, 0.25) is 5.02 Å². The van der Waals surface area contributed by atoms with Gasteiger partial charge in [-0.15, -0.1) is 11.8 Å². The van der Waals surface area contributed by atoms with Crippen LogP contribution in [0.25, 0.3) is 0 Å². The fourth-order valence-corrected chi connectivity index (χ4v) is 11.5. The Labute approximate surface area is 485 Å². The van der Waals surface area contributed by atoms with Crippen molar-refractivity contribution in [3.8, 4) is 11.5 Å². The molecule has 1 unspecified atom stereocenters. The summed E-state index contributed by atoms with van der Waals surface area (Å²) >= 11 is 7.78. The number of amides is 6. The van der Waals surface area contributed by atoms with E-state index in [1.54, 1.807) is 6.07 Å². The van der Waals surface area contributed by atoms with Crippen LogP contribution in [0.4, 0.5) is 5.69 Å². The summed E-state index contributed by atoms with van der Waals surface area (Å²) in [6.45, 7) is 15.0. The van der Waals surface area contributed by atoms with Gasteiger partial charge in [0, 0.05) is 127 Å². The van der Waals surface area contributed by atoms with Gasteiger partial charge in [0.15, 0.2) is 5.75 Å². The number of amidine groups is 1. The first-order valence-corrected chi connectivity index (χ1v) is 30.4. The molecule has 1 saturated carbocycles. The van der Waals surface area contributed by atoms with Gasteiger partial charge in [-0.05, 0) is 49.6 Å². The Morgan fingerprint density at radius 1 is 0.667 bits per heavy atom. The zero-order chi connectivity index (χ0) is 57.0. The van der Waals surface area contributed by atoms with Gasteiger partial charge in [-0.25, -0.2) is 4.99 Å². The van der Waals surface area contributed by atoms with Gasteiger partial charge in [-0.2, -0.15) is 0 Å². The first kappa shape index (κ1) is 63.6. The van der Waals surface area contributed by atoms with Crippen LogP contribution in [-0.2, 0) is 57.2 Å². The Morgan fingerprint density at radius 2 is 1.28 bits per heavy atom. The van der Waals surface area contributed by atoms with Gasteiger partial charge in [-0.1, -0.05) is 43.5 Å². The highest BCUT2D eigenvalue weighted by atomic mass is 35.5. The highest BCUT2D eigenvalue weighted by Gasteiger charge is 2.40. The predicted molar refractivity (Wildman–Crippen MR) is 307 cm³/mol. The lowest BCUT2D eigenvalue weighted by Crippen LogP contribution is -2.54. The first-order valence-electron chi connectivity index (χ1n) is 28.9. The van der Waals surface area contributed by atoms with Gasteiger partial charge in [0.1, 0.15) is 17.3 Å². The predicted octanol–water partition coefficient (Wildman–Crippen LogP) is 3.20. The van der Waals surface area contributed by atoms with Crippen LogP contribution in [0.5, 0.6) is 11.5 Å². The molecule has 4 fully saturated rings. The van der Waals surface area contributed by atoms with Crippen molar-refractivity contribution in [2.75, 3.05) is 177 Å². The normalized spacial score (nSPS) is 19.6. The van der Waals surface area contributed by atoms with Crippen LogP contribution in [-0.4, -0.2) is 248 Å². The van der Waals surface area contributed by atoms with Crippen molar-refractivity contribution < 1.29 is 61.9 Å². The molecule has 4 aliphatic heterocycles. The third-order valence-electron chi connectivity index (χ3n) is 14.6. The van der Waals surface area contributed by atoms with Crippen molar-refractivity contribution >= 4 is 70.3 Å². The molecule has 81 heavy (non-hydrogen) atoms. The van der Waals surface area contributed by atoms with Crippen LogP contribution < -0.4 is 20.7 Å². The lowest BCUT2D eigenvalue weighted by molar-refractivity contribution is -0.144. The number of nitrogens with zero attached hydrogens (tertiary/aromatic N) is 6. The number of ether oxygens (including phenoxy) is 7. The Bertz CT molecular complexity index is 2360. The molecule has 5 aliphatic rings. The number of imide groups is 1. The summed E-state index contributed by atoms with van der Waals surface area (Å²) < 4.78 is 39.0. The summed E-state index contributed by atoms with van der Waals surface area (Å²) in [5.41, 5.74) is 1.53. The largest absolute Gasteiger partial charge is 0.454 e. The van der Waals surface area contributed by atoms with Gasteiger partial charge in [0.2, 0.25) is 35.4 Å². The maximum absolute atomic E-state index is 14.1. The van der Waals surface area contributed by atoms with E-state index < -0.39 is 5.25 Å². The number of benzene rings is 2. The summed E-state index contributed by atoms with van der Waals surface area (Å²) in [6.07, 6.45) is 4.28. The number of hydrogen-bond acceptors (Lipinski definition) is 18. The maximum atomic E-state index is 14.1. The number of thioether (sulfide) groups is 1. The van der Waals surface area contributed by atoms with E-state index in [2.05, 4.69) is 37.6 Å². The average Bonchev–Trinajstić information content (AvgIpc) is 3.83. The second kappa shape index (κ2) is 35.2. The number of nitrogens with one attached hydrogen (secondary N) is 3. The number of likely N-dealkylation sites (tertiary alicyclic amines) is 1. The third-order valence-corrected chi connectivity index (χ3v) is 16.1. The van der Waals surface area contributed by atoms with E-state index in [0.29, 0.717) is 167 Å². The van der Waals surface area contributed by atoms with Crippen molar-refractivity contribution in [3.05, 3.63) is 53.1 Å². The fourth-order valence-electron chi connectivity index (χ4n) is 10.3. The van der Waals surface area contributed by atoms with Crippen LogP contribution in [0.15, 0.2) is 47.5 Å². The molecule has 7 rings (SSSR count). The monoisotopic (exact) mass is 1170 g/mol. The van der Waals surface area contributed by atoms with Crippen molar-refractivity contribution in [2.45, 2.75) is 57.1 Å². The van der Waals surface area contributed by atoms with Gasteiger partial charge >= 0.3 is 0 Å². The average molecular weight is 1170 g/mol. The third kappa shape index (κ3) is 21.0. The Kier molecular flexibility index (Phi) is 27.7. The molecular formula is C57H84ClN9O13S. The van der Waals surface area contributed by atoms with Gasteiger partial charge in [0.25, 0.3) is 0 Å². The molecule has 22 nitrogen and oxygen atoms in total. The van der Waals surface area contributed by atoms with E-state index in [1.165, 1.54) is 11.8 Å². The van der Waals surface area contributed by atoms with Crippen LogP contribution >= 0.6 is 23.4 Å². The topological polar surface area (TPSA) is 232 Å². The number of fused-ring (bicyclic) bond motifs is 2. The summed E-state index contributed by atoms with van der Waals surface area (Å²) in [6, 6.07) is 13.2. The minimum atomic E-state index is -0.549. The molecule has 0 bridgehead atoms. The Hall–Kier alpha value is -4.95. The second-order valence-electron chi connectivity index (χ2n) is 20.4. The molecule has 1 aliphatic carbocycles. The Balaban J connectivity index is 0.676. The Morgan fingerprint density at radius 3 is 1.96 bits per heavy atom. The van der Waals surface area contributed by atoms with Gasteiger partial charge < -0.3 is 58.9 Å². The molecule has 3 atom stereocenters. The van der Waals surface area contributed by atoms with Gasteiger partial charge in [0.05, 0.1) is 90.0 Å². The number of rotatable bonds is 34. The highest BCUT2D eigenvalue weighted by Crippen LogP contribution is 2.39. The zero-order valence-corrected chi connectivity index (χ0v) is 48.7. The zero-order valence-electron chi connectivity index (χ0n) is 47.1. The molecule has 6 amide bonds. The van der Waals surface area contributed by atoms with E-state index in [4.69, 9.17) is 49.8 Å². The quantitative estimate of drug-likeness (QED) is 0.0675. The lowest BCUT2D eigenvalue weighted by atomic mass is 9.77. The molecule has 3 saturated heterocycles. The minimum absolute atomic E-state index is 0.00338. The molecule has 4 heterocycles. The molecule has 0 aromatic heterocycles. The van der Waals surface area contributed by atoms with Crippen LogP contribution in [0, 0.1) is 11.8 Å². The summed E-state index contributed by atoms with van der Waals surface area (Å²) in [4.78, 5) is 93.4. The van der Waals surface area contributed by atoms with Crippen molar-refractivity contribution in [1.82, 2.24) is 40.4 Å². The van der Waals surface area contributed by atoms with Crippen LogP contribution in [0.1, 0.15) is 57.4 Å². The highest BCUT2D eigenvalue weighted by molar-refractivity contribution is 8.00. The second-order valence-corrected chi connectivity index (χ2v) is 22.2. The van der Waals surface area contributed by atoms with E-state index in [0.717, 1.165) is 60.9 Å². The number of para-hydroxylation sites is 2. The molecule has 24 heteroatoms. The molecule has 3 N–H and O–H groups in total. The first-order chi connectivity index (χ1) is 39.6. The molecule has 2 aromatic rings. The van der Waals surface area contributed by atoms with E-state index in [-0.39, 0.29) is 79.8 Å². The van der Waals surface area contributed by atoms with E-state index >= 15 is 0 Å². The standard InChI is InChI=1S/C57H84ClN9O13S/c1-2-27-74-29-31-76-33-35-78-37-38-79-36-34-77-32-30-75-28-15-59-51(68)13-17-67-53(70)41-50(57(67)73)81-39-16-60-52(69)42-64-21-19-63(20-22-64)18-14-61-55(71)44-7-3-4-8-45(44)56(72)66-25-23-65(24-26-66)54-46-40-43(58)11-12-48(46)80-49-10-6-5-9-47(49)62-54/h5-6,9-12,40,44-45,50H,2-4,7-8,13-39,41-42H2,1H3,(H,59,68)(H,60,69)(H,61,71)/t44-,45+,50?/m1/s1. The number of piperazine rings is 2. The summed E-state index contributed by atoms with van der Waals surface area (Å²) in [5, 5.41) is 8.88. The van der Waals surface area contributed by atoms with Crippen LogP contribution in [0.3, 0.4) is 0 Å². The summed E-state index contributed by atoms with van der Waals surface area (Å²) in [5.74, 6) is 0.838. The SMILES string of the molecule is CCCOCCOCCOCCOCCOCCOCCNC(=O)CCN1C(=O)CC(SCCNC(=O)CN2CCN(CCNC(=O)[C@@H]3CCCC[C@@H]3C(=O)N3CCN(C4=Nc5ccccc5Oc5ccc(Cl)cc54)CC3)CC2)C1=O. The van der Waals surface area contributed by atoms with Crippen molar-refractivity contribution in [2.24, 2.45) is 16.8 Å². The summed E-state index contributed by atoms with van der Waals surface area (Å²) in [7, 11) is 0. The molecule has 0 spiro atoms. The van der Waals surface area contributed by atoms with Crippen molar-refractivity contribution in [3.63, 3.8) is 0 Å². The number of hydrogen-bond donors (Lipinski definition) is 3. The maximum Gasteiger partial charge on any atom is 0.242 e. The van der Waals surface area contributed by atoms with E-state index in [1.807, 2.05) is 41.3 Å².